The van der Waals surface area contributed by atoms with Gasteiger partial charge in [-0.1, -0.05) is 18.5 Å². The second-order valence-corrected chi connectivity index (χ2v) is 6.69. The first-order valence-corrected chi connectivity index (χ1v) is 9.31. The molecule has 0 amide bonds. The lowest BCUT2D eigenvalue weighted by Crippen LogP contribution is -2.32. The standard InChI is InChI=1S/C19H19ClN8O2/c1-3-4-30-16-11(20)5-9(6-12(16)29-2)15-13-14(23)10(7-21)17(24)27-18(13)28-19(26-15)25-8-22/h5-6,15H,3-4H2,1-2H3,(H6,23,24,25,26,27,28). The second-order valence-electron chi connectivity index (χ2n) is 6.28. The van der Waals surface area contributed by atoms with Crippen LogP contribution in [-0.4, -0.2) is 24.7 Å². The summed E-state index contributed by atoms with van der Waals surface area (Å²) in [6.45, 7) is 2.45. The van der Waals surface area contributed by atoms with E-state index in [1.807, 2.05) is 13.0 Å². The molecule has 11 heteroatoms. The van der Waals surface area contributed by atoms with Crippen LogP contribution in [0.4, 0.5) is 17.3 Å². The van der Waals surface area contributed by atoms with Crippen molar-refractivity contribution in [2.45, 2.75) is 19.4 Å². The number of rotatable bonds is 5. The number of nitrogen functional groups attached to an aromatic ring is 2. The zero-order chi connectivity index (χ0) is 21.8. The zero-order valence-electron chi connectivity index (χ0n) is 16.3. The molecule has 0 saturated carbocycles. The predicted octanol–water partition coefficient (Wildman–Crippen LogP) is 2.51. The van der Waals surface area contributed by atoms with Crippen molar-refractivity contribution in [2.24, 2.45) is 4.99 Å². The average Bonchev–Trinajstić information content (AvgIpc) is 2.72. The van der Waals surface area contributed by atoms with Gasteiger partial charge in [0.25, 0.3) is 0 Å². The number of anilines is 3. The van der Waals surface area contributed by atoms with Gasteiger partial charge in [-0.15, -0.1) is 0 Å². The van der Waals surface area contributed by atoms with Gasteiger partial charge in [0.15, 0.2) is 17.7 Å². The van der Waals surface area contributed by atoms with Crippen molar-refractivity contribution >= 4 is 34.9 Å². The Balaban J connectivity index is 2.21. The first kappa shape index (κ1) is 20.8. The van der Waals surface area contributed by atoms with E-state index in [4.69, 9.17) is 37.8 Å². The maximum absolute atomic E-state index is 9.42. The molecule has 30 heavy (non-hydrogen) atoms. The molecule has 0 radical (unpaired) electrons. The second kappa shape index (κ2) is 8.64. The molecule has 0 bridgehead atoms. The SMILES string of the molecule is CCCOc1c(Cl)cc(C2N=C(NC#N)Nc3nc(N)c(C#N)c(N)c32)cc1OC. The number of aromatic nitrogens is 1. The van der Waals surface area contributed by atoms with E-state index in [2.05, 4.69) is 20.6 Å². The average molecular weight is 427 g/mol. The highest BCUT2D eigenvalue weighted by atomic mass is 35.5. The lowest BCUT2D eigenvalue weighted by molar-refractivity contribution is 0.294. The summed E-state index contributed by atoms with van der Waals surface area (Å²) < 4.78 is 11.1. The molecule has 1 aliphatic heterocycles. The molecule has 1 aromatic carbocycles. The Hall–Kier alpha value is -3.89. The Bertz CT molecular complexity index is 1100. The molecule has 2 aromatic rings. The van der Waals surface area contributed by atoms with Gasteiger partial charge in [-0.3, -0.25) is 5.32 Å². The predicted molar refractivity (Wildman–Crippen MR) is 113 cm³/mol. The number of pyridine rings is 1. The van der Waals surface area contributed by atoms with Gasteiger partial charge in [-0.25, -0.2) is 9.98 Å². The molecule has 0 aliphatic carbocycles. The van der Waals surface area contributed by atoms with Gasteiger partial charge in [0.2, 0.25) is 5.96 Å². The molecule has 1 aromatic heterocycles. The number of nitrogens with zero attached hydrogens (tertiary/aromatic N) is 4. The number of hydrogen-bond donors (Lipinski definition) is 4. The van der Waals surface area contributed by atoms with Crippen LogP contribution in [0, 0.1) is 22.8 Å². The molecule has 3 rings (SSSR count). The highest BCUT2D eigenvalue weighted by molar-refractivity contribution is 6.32. The molecule has 2 heterocycles. The minimum absolute atomic E-state index is 0.0304. The smallest absolute Gasteiger partial charge is 0.211 e. The Morgan fingerprint density at radius 1 is 1.33 bits per heavy atom. The summed E-state index contributed by atoms with van der Waals surface area (Å²) in [4.78, 5) is 8.73. The normalized spacial score (nSPS) is 14.4. The number of guanidine groups is 1. The molecule has 0 spiro atoms. The first-order valence-electron chi connectivity index (χ1n) is 8.94. The van der Waals surface area contributed by atoms with Gasteiger partial charge in [0, 0.05) is 5.56 Å². The zero-order valence-corrected chi connectivity index (χ0v) is 17.0. The minimum atomic E-state index is -0.732. The highest BCUT2D eigenvalue weighted by Crippen LogP contribution is 2.44. The largest absolute Gasteiger partial charge is 0.493 e. The molecule has 0 fully saturated rings. The topological polar surface area (TPSA) is 167 Å². The molecule has 1 aliphatic rings. The van der Waals surface area contributed by atoms with Gasteiger partial charge in [0.1, 0.15) is 29.3 Å². The number of halogens is 1. The lowest BCUT2D eigenvalue weighted by atomic mass is 9.95. The van der Waals surface area contributed by atoms with E-state index < -0.39 is 6.04 Å². The van der Waals surface area contributed by atoms with E-state index in [0.717, 1.165) is 6.42 Å². The molecular weight excluding hydrogens is 408 g/mol. The fraction of sp³-hybridized carbons (Fsp3) is 0.263. The highest BCUT2D eigenvalue weighted by Gasteiger charge is 2.31. The van der Waals surface area contributed by atoms with E-state index in [1.165, 1.54) is 7.11 Å². The number of methoxy groups -OCH3 is 1. The van der Waals surface area contributed by atoms with Crippen LogP contribution in [-0.2, 0) is 0 Å². The number of nitriles is 2. The lowest BCUT2D eigenvalue weighted by Gasteiger charge is -2.26. The summed E-state index contributed by atoms with van der Waals surface area (Å²) in [5.41, 5.74) is 13.3. The Kier molecular flexibility index (Phi) is 6.00. The van der Waals surface area contributed by atoms with Gasteiger partial charge >= 0.3 is 0 Å². The number of hydrogen-bond acceptors (Lipinski definition) is 10. The maximum Gasteiger partial charge on any atom is 0.211 e. The third kappa shape index (κ3) is 3.69. The van der Waals surface area contributed by atoms with Crippen molar-refractivity contribution in [3.05, 3.63) is 33.8 Å². The monoisotopic (exact) mass is 426 g/mol. The number of fused-ring (bicyclic) bond motifs is 1. The van der Waals surface area contributed by atoms with Crippen LogP contribution >= 0.6 is 11.6 Å². The van der Waals surface area contributed by atoms with Crippen molar-refractivity contribution in [3.63, 3.8) is 0 Å². The molecule has 1 atom stereocenters. The number of ether oxygens (including phenoxy) is 2. The number of benzene rings is 1. The summed E-state index contributed by atoms with van der Waals surface area (Å²) in [6.07, 6.45) is 2.60. The van der Waals surface area contributed by atoms with Crippen LogP contribution < -0.4 is 31.6 Å². The van der Waals surface area contributed by atoms with Crippen LogP contribution in [0.1, 0.15) is 36.1 Å². The van der Waals surface area contributed by atoms with E-state index in [1.54, 1.807) is 18.3 Å². The Morgan fingerprint density at radius 3 is 2.73 bits per heavy atom. The summed E-state index contributed by atoms with van der Waals surface area (Å²) >= 11 is 6.46. The molecule has 1 unspecified atom stereocenters. The fourth-order valence-corrected chi connectivity index (χ4v) is 3.34. The molecule has 6 N–H and O–H groups in total. The van der Waals surface area contributed by atoms with Crippen molar-refractivity contribution in [2.75, 3.05) is 30.5 Å². The molecular formula is C19H19ClN8O2. The van der Waals surface area contributed by atoms with E-state index in [0.29, 0.717) is 34.3 Å². The third-order valence-electron chi connectivity index (χ3n) is 4.38. The number of nitrogens with two attached hydrogens (primary N) is 2. The van der Waals surface area contributed by atoms with Crippen LogP contribution in [0.15, 0.2) is 17.1 Å². The van der Waals surface area contributed by atoms with E-state index in [-0.39, 0.29) is 28.8 Å². The third-order valence-corrected chi connectivity index (χ3v) is 4.66. The molecule has 154 valence electrons. The molecule has 0 saturated heterocycles. The quantitative estimate of drug-likeness (QED) is 0.414. The fourth-order valence-electron chi connectivity index (χ4n) is 3.06. The summed E-state index contributed by atoms with van der Waals surface area (Å²) in [5.74, 6) is 1.23. The van der Waals surface area contributed by atoms with Gasteiger partial charge in [-0.2, -0.15) is 10.5 Å². The summed E-state index contributed by atoms with van der Waals surface area (Å²) in [6, 6.07) is 4.61. The maximum atomic E-state index is 9.42. The van der Waals surface area contributed by atoms with Crippen molar-refractivity contribution in [3.8, 4) is 23.8 Å². The van der Waals surface area contributed by atoms with Crippen LogP contribution in [0.5, 0.6) is 11.5 Å². The van der Waals surface area contributed by atoms with E-state index >= 15 is 0 Å². The Labute approximate surface area is 178 Å². The van der Waals surface area contributed by atoms with Crippen LogP contribution in [0.3, 0.4) is 0 Å². The van der Waals surface area contributed by atoms with Gasteiger partial charge in [-0.05, 0) is 24.1 Å². The Morgan fingerprint density at radius 2 is 2.10 bits per heavy atom. The van der Waals surface area contributed by atoms with Gasteiger partial charge in [0.05, 0.1) is 24.4 Å². The first-order chi connectivity index (χ1) is 14.4. The minimum Gasteiger partial charge on any atom is -0.493 e. The van der Waals surface area contributed by atoms with Crippen LogP contribution in [0.2, 0.25) is 5.02 Å². The van der Waals surface area contributed by atoms with E-state index in [9.17, 15) is 5.26 Å². The van der Waals surface area contributed by atoms with Crippen LogP contribution in [0.25, 0.3) is 0 Å². The van der Waals surface area contributed by atoms with Crippen molar-refractivity contribution in [1.82, 2.24) is 10.3 Å². The number of aliphatic imine (C=N–C) groups is 1. The summed E-state index contributed by atoms with van der Waals surface area (Å²) in [5, 5.41) is 24.1. The molecule has 10 nitrogen and oxygen atoms in total. The number of nitrogens with one attached hydrogen (secondary N) is 2. The van der Waals surface area contributed by atoms with Crippen molar-refractivity contribution < 1.29 is 9.47 Å². The van der Waals surface area contributed by atoms with Crippen molar-refractivity contribution in [1.29, 1.82) is 10.5 Å². The summed E-state index contributed by atoms with van der Waals surface area (Å²) in [7, 11) is 1.50. The van der Waals surface area contributed by atoms with Gasteiger partial charge < -0.3 is 26.3 Å².